The standard InChI is InChI=1S/C21H17FN4O2/c1-2-27-15-9-5-13(6-10-15)19-18-17(12-3-7-14(22)8-4-12)16(11-23)20(24)28-21(18)26-25-19/h3-10,17H,2,24H2,1H3,(H,25,26)/t17-/m1/s1. The predicted molar refractivity (Wildman–Crippen MR) is 101 cm³/mol. The van der Waals surface area contributed by atoms with Crippen LogP contribution in [0.4, 0.5) is 4.39 Å². The predicted octanol–water partition coefficient (Wildman–Crippen LogP) is 3.83. The fourth-order valence-corrected chi connectivity index (χ4v) is 3.34. The van der Waals surface area contributed by atoms with E-state index in [-0.39, 0.29) is 17.3 Å². The minimum atomic E-state index is -0.519. The highest BCUT2D eigenvalue weighted by molar-refractivity contribution is 5.71. The normalized spacial score (nSPS) is 15.5. The average molecular weight is 376 g/mol. The quantitative estimate of drug-likeness (QED) is 0.721. The Balaban J connectivity index is 1.85. The third kappa shape index (κ3) is 2.95. The number of benzene rings is 2. The second-order valence-corrected chi connectivity index (χ2v) is 6.25. The van der Waals surface area contributed by atoms with Gasteiger partial charge >= 0.3 is 0 Å². The first-order valence-corrected chi connectivity index (χ1v) is 8.77. The number of hydrogen-bond acceptors (Lipinski definition) is 5. The lowest BCUT2D eigenvalue weighted by atomic mass is 9.83. The zero-order valence-electron chi connectivity index (χ0n) is 15.1. The molecule has 2 aromatic carbocycles. The molecule has 0 aliphatic carbocycles. The van der Waals surface area contributed by atoms with E-state index >= 15 is 0 Å². The molecule has 7 heteroatoms. The highest BCUT2D eigenvalue weighted by Gasteiger charge is 2.35. The Morgan fingerprint density at radius 3 is 2.57 bits per heavy atom. The van der Waals surface area contributed by atoms with Crippen molar-refractivity contribution < 1.29 is 13.9 Å². The van der Waals surface area contributed by atoms with E-state index in [1.54, 1.807) is 12.1 Å². The van der Waals surface area contributed by atoms with Crippen molar-refractivity contribution in [1.29, 1.82) is 5.26 Å². The summed E-state index contributed by atoms with van der Waals surface area (Å²) in [7, 11) is 0. The number of nitriles is 1. The lowest BCUT2D eigenvalue weighted by Crippen LogP contribution is -2.21. The number of allylic oxidation sites excluding steroid dienone is 1. The van der Waals surface area contributed by atoms with Crippen molar-refractivity contribution in [2.45, 2.75) is 12.8 Å². The summed E-state index contributed by atoms with van der Waals surface area (Å²) >= 11 is 0. The van der Waals surface area contributed by atoms with Gasteiger partial charge < -0.3 is 15.2 Å². The number of rotatable bonds is 4. The SMILES string of the molecule is CCOc1ccc(-c2[nH]nc3c2[C@H](c2ccc(F)cc2)C(C#N)=C(N)O3)cc1. The molecule has 0 spiro atoms. The molecular weight excluding hydrogens is 359 g/mol. The molecule has 6 nitrogen and oxygen atoms in total. The van der Waals surface area contributed by atoms with Crippen LogP contribution in [0.25, 0.3) is 11.3 Å². The Kier molecular flexibility index (Phi) is 4.45. The Morgan fingerprint density at radius 2 is 1.93 bits per heavy atom. The molecule has 3 N–H and O–H groups in total. The van der Waals surface area contributed by atoms with E-state index in [9.17, 15) is 9.65 Å². The van der Waals surface area contributed by atoms with Crippen LogP contribution >= 0.6 is 0 Å². The van der Waals surface area contributed by atoms with E-state index in [4.69, 9.17) is 15.2 Å². The summed E-state index contributed by atoms with van der Waals surface area (Å²) in [4.78, 5) is 0. The maximum absolute atomic E-state index is 13.4. The summed E-state index contributed by atoms with van der Waals surface area (Å²) in [6.45, 7) is 2.50. The zero-order chi connectivity index (χ0) is 19.7. The molecule has 3 aromatic rings. The van der Waals surface area contributed by atoms with Gasteiger partial charge in [0.05, 0.1) is 23.8 Å². The van der Waals surface area contributed by atoms with Crippen molar-refractivity contribution >= 4 is 0 Å². The van der Waals surface area contributed by atoms with Crippen LogP contribution < -0.4 is 15.2 Å². The number of fused-ring (bicyclic) bond motifs is 1. The summed E-state index contributed by atoms with van der Waals surface area (Å²) in [5, 5.41) is 16.9. The van der Waals surface area contributed by atoms with E-state index < -0.39 is 5.92 Å². The van der Waals surface area contributed by atoms with E-state index in [2.05, 4.69) is 16.3 Å². The van der Waals surface area contributed by atoms with Gasteiger partial charge in [-0.15, -0.1) is 5.10 Å². The molecule has 140 valence electrons. The molecule has 0 saturated heterocycles. The Hall–Kier alpha value is -3.79. The average Bonchev–Trinajstić information content (AvgIpc) is 3.12. The van der Waals surface area contributed by atoms with Crippen LogP contribution in [0.1, 0.15) is 24.0 Å². The monoisotopic (exact) mass is 376 g/mol. The van der Waals surface area contributed by atoms with Gasteiger partial charge in [-0.1, -0.05) is 12.1 Å². The molecule has 1 aliphatic rings. The number of halogens is 1. The van der Waals surface area contributed by atoms with Gasteiger partial charge in [0.1, 0.15) is 23.2 Å². The smallest absolute Gasteiger partial charge is 0.244 e. The highest BCUT2D eigenvalue weighted by Crippen LogP contribution is 2.45. The number of aromatic amines is 1. The van der Waals surface area contributed by atoms with Gasteiger partial charge in [0.15, 0.2) is 0 Å². The van der Waals surface area contributed by atoms with Crippen LogP contribution in [0.15, 0.2) is 60.0 Å². The van der Waals surface area contributed by atoms with Crippen molar-refractivity contribution in [3.63, 3.8) is 0 Å². The molecule has 1 atom stereocenters. The third-order valence-electron chi connectivity index (χ3n) is 4.60. The second kappa shape index (κ2) is 7.08. The summed E-state index contributed by atoms with van der Waals surface area (Å²) in [5.41, 5.74) is 9.17. The molecule has 2 heterocycles. The first-order chi connectivity index (χ1) is 13.6. The molecule has 4 rings (SSSR count). The Labute approximate surface area is 161 Å². The van der Waals surface area contributed by atoms with Gasteiger partial charge in [-0.2, -0.15) is 5.26 Å². The number of nitrogens with zero attached hydrogens (tertiary/aromatic N) is 2. The largest absolute Gasteiger partial charge is 0.494 e. The second-order valence-electron chi connectivity index (χ2n) is 6.25. The number of ether oxygens (including phenoxy) is 2. The fourth-order valence-electron chi connectivity index (χ4n) is 3.34. The number of nitrogens with two attached hydrogens (primary N) is 1. The van der Waals surface area contributed by atoms with Gasteiger partial charge in [0, 0.05) is 5.56 Å². The van der Waals surface area contributed by atoms with Crippen molar-refractivity contribution in [3.8, 4) is 29.0 Å². The molecule has 0 fully saturated rings. The first-order valence-electron chi connectivity index (χ1n) is 8.77. The lowest BCUT2D eigenvalue weighted by molar-refractivity contribution is 0.340. The lowest BCUT2D eigenvalue weighted by Gasteiger charge is -2.24. The topological polar surface area (TPSA) is 97.0 Å². The molecule has 0 unspecified atom stereocenters. The van der Waals surface area contributed by atoms with Gasteiger partial charge in [0.25, 0.3) is 0 Å². The molecule has 0 saturated carbocycles. The molecule has 0 bridgehead atoms. The van der Waals surface area contributed by atoms with Gasteiger partial charge in [-0.3, -0.25) is 5.10 Å². The van der Waals surface area contributed by atoms with E-state index in [1.165, 1.54) is 12.1 Å². The number of hydrogen-bond donors (Lipinski definition) is 2. The number of H-pyrrole nitrogens is 1. The summed E-state index contributed by atoms with van der Waals surface area (Å²) in [6.07, 6.45) is 0. The molecule has 0 amide bonds. The van der Waals surface area contributed by atoms with Crippen molar-refractivity contribution in [1.82, 2.24) is 10.2 Å². The molecule has 1 aliphatic heterocycles. The Bertz CT molecular complexity index is 1080. The van der Waals surface area contributed by atoms with Crippen molar-refractivity contribution in [2.24, 2.45) is 5.73 Å². The highest BCUT2D eigenvalue weighted by atomic mass is 19.1. The zero-order valence-corrected chi connectivity index (χ0v) is 15.1. The van der Waals surface area contributed by atoms with E-state index in [0.717, 1.165) is 16.9 Å². The maximum atomic E-state index is 13.4. The van der Waals surface area contributed by atoms with Crippen molar-refractivity contribution in [2.75, 3.05) is 6.61 Å². The molecule has 1 aromatic heterocycles. The van der Waals surface area contributed by atoms with E-state index in [0.29, 0.717) is 23.7 Å². The molecule has 28 heavy (non-hydrogen) atoms. The molecular formula is C21H17FN4O2. The first kappa shape index (κ1) is 17.6. The number of nitrogens with one attached hydrogen (secondary N) is 1. The Morgan fingerprint density at radius 1 is 1.21 bits per heavy atom. The summed E-state index contributed by atoms with van der Waals surface area (Å²) in [6, 6.07) is 15.6. The molecule has 0 radical (unpaired) electrons. The fraction of sp³-hybridized carbons (Fsp3) is 0.143. The maximum Gasteiger partial charge on any atom is 0.244 e. The van der Waals surface area contributed by atoms with Crippen LogP contribution in [0.3, 0.4) is 0 Å². The van der Waals surface area contributed by atoms with E-state index in [1.807, 2.05) is 31.2 Å². The van der Waals surface area contributed by atoms with Crippen LogP contribution in [0.5, 0.6) is 11.6 Å². The minimum Gasteiger partial charge on any atom is -0.494 e. The third-order valence-corrected chi connectivity index (χ3v) is 4.60. The van der Waals surface area contributed by atoms with Crippen LogP contribution in [-0.4, -0.2) is 16.8 Å². The van der Waals surface area contributed by atoms with Crippen LogP contribution in [0, 0.1) is 17.1 Å². The van der Waals surface area contributed by atoms with Gasteiger partial charge in [-0.25, -0.2) is 4.39 Å². The summed E-state index contributed by atoms with van der Waals surface area (Å²) in [5.74, 6) is 0.177. The summed E-state index contributed by atoms with van der Waals surface area (Å²) < 4.78 is 24.5. The van der Waals surface area contributed by atoms with Crippen LogP contribution in [-0.2, 0) is 0 Å². The van der Waals surface area contributed by atoms with Crippen LogP contribution in [0.2, 0.25) is 0 Å². The number of aromatic nitrogens is 2. The van der Waals surface area contributed by atoms with Crippen molar-refractivity contribution in [3.05, 3.63) is 76.9 Å². The van der Waals surface area contributed by atoms with Gasteiger partial charge in [-0.05, 0) is 48.9 Å². The minimum absolute atomic E-state index is 0.00549. The van der Waals surface area contributed by atoms with Gasteiger partial charge in [0.2, 0.25) is 11.8 Å².